The van der Waals surface area contributed by atoms with Crippen LogP contribution in [0.2, 0.25) is 0 Å². The van der Waals surface area contributed by atoms with Crippen molar-refractivity contribution in [3.05, 3.63) is 54.1 Å². The van der Waals surface area contributed by atoms with Crippen LogP contribution in [0.25, 0.3) is 11.1 Å². The van der Waals surface area contributed by atoms with Gasteiger partial charge in [-0.1, -0.05) is 42.5 Å². The van der Waals surface area contributed by atoms with Gasteiger partial charge in [0.15, 0.2) is 0 Å². The molecule has 18 heavy (non-hydrogen) atoms. The second kappa shape index (κ2) is 5.69. The summed E-state index contributed by atoms with van der Waals surface area (Å²) in [6, 6.07) is 15.8. The predicted molar refractivity (Wildman–Crippen MR) is 76.0 cm³/mol. The zero-order valence-electron chi connectivity index (χ0n) is 10.1. The minimum atomic E-state index is -0.195. The molecule has 92 valence electrons. The van der Waals surface area contributed by atoms with Crippen LogP contribution in [0.1, 0.15) is 5.56 Å². The minimum Gasteiger partial charge on any atom is -0.324 e. The van der Waals surface area contributed by atoms with Crippen molar-refractivity contribution in [2.45, 2.75) is 6.92 Å². The number of alkyl halides is 1. The maximum atomic E-state index is 11.4. The van der Waals surface area contributed by atoms with E-state index in [1.807, 2.05) is 55.5 Å². The Balaban J connectivity index is 2.48. The third-order valence-electron chi connectivity index (χ3n) is 2.73. The van der Waals surface area contributed by atoms with Gasteiger partial charge in [-0.25, -0.2) is 0 Å². The molecule has 0 heterocycles. The SMILES string of the molecule is Cc1cccc(NC(=O)CCl)c1-c1ccccc1. The number of hydrogen-bond acceptors (Lipinski definition) is 1. The summed E-state index contributed by atoms with van der Waals surface area (Å²) in [6.07, 6.45) is 0. The molecule has 0 aliphatic carbocycles. The normalized spacial score (nSPS) is 10.1. The summed E-state index contributed by atoms with van der Waals surface area (Å²) in [5, 5.41) is 2.83. The van der Waals surface area contributed by atoms with Gasteiger partial charge in [0.1, 0.15) is 5.88 Å². The topological polar surface area (TPSA) is 29.1 Å². The lowest BCUT2D eigenvalue weighted by Crippen LogP contribution is -2.13. The van der Waals surface area contributed by atoms with E-state index in [0.29, 0.717) is 0 Å². The van der Waals surface area contributed by atoms with Crippen LogP contribution in [0.4, 0.5) is 5.69 Å². The maximum absolute atomic E-state index is 11.4. The number of anilines is 1. The highest BCUT2D eigenvalue weighted by atomic mass is 35.5. The third kappa shape index (κ3) is 2.71. The number of rotatable bonds is 3. The van der Waals surface area contributed by atoms with Crippen LogP contribution >= 0.6 is 11.6 Å². The molecule has 2 rings (SSSR count). The van der Waals surface area contributed by atoms with Gasteiger partial charge in [-0.15, -0.1) is 11.6 Å². The summed E-state index contributed by atoms with van der Waals surface area (Å²) in [4.78, 5) is 11.4. The molecule has 1 N–H and O–H groups in total. The fourth-order valence-corrected chi connectivity index (χ4v) is 2.01. The van der Waals surface area contributed by atoms with Crippen LogP contribution in [0.15, 0.2) is 48.5 Å². The van der Waals surface area contributed by atoms with E-state index in [4.69, 9.17) is 11.6 Å². The van der Waals surface area contributed by atoms with Crippen molar-refractivity contribution in [2.75, 3.05) is 11.2 Å². The first kappa shape index (κ1) is 12.7. The lowest BCUT2D eigenvalue weighted by molar-refractivity contribution is -0.113. The molecule has 0 aromatic heterocycles. The first-order chi connectivity index (χ1) is 8.72. The molecule has 0 radical (unpaired) electrons. The van der Waals surface area contributed by atoms with E-state index in [2.05, 4.69) is 5.32 Å². The molecule has 0 spiro atoms. The number of hydrogen-bond donors (Lipinski definition) is 1. The Morgan fingerprint density at radius 3 is 2.50 bits per heavy atom. The van der Waals surface area contributed by atoms with Crippen molar-refractivity contribution in [2.24, 2.45) is 0 Å². The monoisotopic (exact) mass is 259 g/mol. The summed E-state index contributed by atoms with van der Waals surface area (Å²) in [7, 11) is 0. The summed E-state index contributed by atoms with van der Waals surface area (Å²) >= 11 is 5.53. The first-order valence-corrected chi connectivity index (χ1v) is 6.26. The molecule has 2 nitrogen and oxygen atoms in total. The molecule has 0 fully saturated rings. The van der Waals surface area contributed by atoms with Gasteiger partial charge in [-0.2, -0.15) is 0 Å². The average Bonchev–Trinajstić information content (AvgIpc) is 2.40. The second-order valence-corrected chi connectivity index (χ2v) is 4.31. The maximum Gasteiger partial charge on any atom is 0.239 e. The molecular formula is C15H14ClNO. The number of aryl methyl sites for hydroxylation is 1. The van der Waals surface area contributed by atoms with E-state index in [9.17, 15) is 4.79 Å². The van der Waals surface area contributed by atoms with Gasteiger partial charge in [0.2, 0.25) is 5.91 Å². The molecule has 0 atom stereocenters. The molecule has 3 heteroatoms. The molecule has 0 aliphatic heterocycles. The molecular weight excluding hydrogens is 246 g/mol. The molecule has 0 unspecified atom stereocenters. The van der Waals surface area contributed by atoms with Crippen molar-refractivity contribution in [3.63, 3.8) is 0 Å². The third-order valence-corrected chi connectivity index (χ3v) is 2.97. The average molecular weight is 260 g/mol. The van der Waals surface area contributed by atoms with Crippen LogP contribution in [-0.4, -0.2) is 11.8 Å². The molecule has 0 bridgehead atoms. The quantitative estimate of drug-likeness (QED) is 0.834. The number of nitrogens with one attached hydrogen (secondary N) is 1. The fourth-order valence-electron chi connectivity index (χ4n) is 1.94. The van der Waals surface area contributed by atoms with Gasteiger partial charge >= 0.3 is 0 Å². The highest BCUT2D eigenvalue weighted by molar-refractivity contribution is 6.29. The Hall–Kier alpha value is -1.80. The summed E-state index contributed by atoms with van der Waals surface area (Å²) in [5.74, 6) is -0.234. The number of benzene rings is 2. The van der Waals surface area contributed by atoms with Crippen molar-refractivity contribution >= 4 is 23.2 Å². The zero-order chi connectivity index (χ0) is 13.0. The van der Waals surface area contributed by atoms with E-state index in [0.717, 1.165) is 22.4 Å². The number of halogens is 1. The van der Waals surface area contributed by atoms with Gasteiger partial charge < -0.3 is 5.32 Å². The van der Waals surface area contributed by atoms with E-state index in [1.165, 1.54) is 0 Å². The number of carbonyl (C=O) groups excluding carboxylic acids is 1. The lowest BCUT2D eigenvalue weighted by Gasteiger charge is -2.13. The van der Waals surface area contributed by atoms with Crippen molar-refractivity contribution in [1.29, 1.82) is 0 Å². The molecule has 0 saturated heterocycles. The van der Waals surface area contributed by atoms with E-state index < -0.39 is 0 Å². The van der Waals surface area contributed by atoms with Crippen LogP contribution < -0.4 is 5.32 Å². The Kier molecular flexibility index (Phi) is 4.00. The highest BCUT2D eigenvalue weighted by Crippen LogP contribution is 2.31. The van der Waals surface area contributed by atoms with Gasteiger partial charge in [0.25, 0.3) is 0 Å². The predicted octanol–water partition coefficient (Wildman–Crippen LogP) is 3.84. The van der Waals surface area contributed by atoms with Gasteiger partial charge in [-0.05, 0) is 24.1 Å². The molecule has 2 aromatic rings. The van der Waals surface area contributed by atoms with Gasteiger partial charge in [-0.3, -0.25) is 4.79 Å². The van der Waals surface area contributed by atoms with Crippen LogP contribution in [0, 0.1) is 6.92 Å². The Morgan fingerprint density at radius 1 is 1.11 bits per heavy atom. The smallest absolute Gasteiger partial charge is 0.239 e. The number of amides is 1. The largest absolute Gasteiger partial charge is 0.324 e. The minimum absolute atomic E-state index is 0.0395. The van der Waals surface area contributed by atoms with Gasteiger partial charge in [0, 0.05) is 11.3 Å². The summed E-state index contributed by atoms with van der Waals surface area (Å²) < 4.78 is 0. The molecule has 0 aliphatic rings. The van der Waals surface area contributed by atoms with Gasteiger partial charge in [0.05, 0.1) is 0 Å². The highest BCUT2D eigenvalue weighted by Gasteiger charge is 2.09. The number of carbonyl (C=O) groups is 1. The zero-order valence-corrected chi connectivity index (χ0v) is 10.9. The van der Waals surface area contributed by atoms with E-state index in [1.54, 1.807) is 0 Å². The van der Waals surface area contributed by atoms with Crippen molar-refractivity contribution < 1.29 is 4.79 Å². The van der Waals surface area contributed by atoms with E-state index >= 15 is 0 Å². The molecule has 0 saturated carbocycles. The van der Waals surface area contributed by atoms with Crippen LogP contribution in [0.3, 0.4) is 0 Å². The molecule has 1 amide bonds. The lowest BCUT2D eigenvalue weighted by atomic mass is 9.98. The fraction of sp³-hybridized carbons (Fsp3) is 0.133. The van der Waals surface area contributed by atoms with Crippen molar-refractivity contribution in [1.82, 2.24) is 0 Å². The second-order valence-electron chi connectivity index (χ2n) is 4.05. The Labute approximate surface area is 112 Å². The van der Waals surface area contributed by atoms with Crippen LogP contribution in [0.5, 0.6) is 0 Å². The van der Waals surface area contributed by atoms with Crippen molar-refractivity contribution in [3.8, 4) is 11.1 Å². The van der Waals surface area contributed by atoms with Crippen LogP contribution in [-0.2, 0) is 4.79 Å². The van der Waals surface area contributed by atoms with E-state index in [-0.39, 0.29) is 11.8 Å². The summed E-state index contributed by atoms with van der Waals surface area (Å²) in [5.41, 5.74) is 4.04. The summed E-state index contributed by atoms with van der Waals surface area (Å²) in [6.45, 7) is 2.03. The Bertz CT molecular complexity index is 552. The Morgan fingerprint density at radius 2 is 1.83 bits per heavy atom. The first-order valence-electron chi connectivity index (χ1n) is 5.73. The standard InChI is InChI=1S/C15H14ClNO/c1-11-6-5-9-13(17-14(18)10-16)15(11)12-7-3-2-4-8-12/h2-9H,10H2,1H3,(H,17,18). The molecule has 2 aromatic carbocycles.